The first kappa shape index (κ1) is 17.9. The van der Waals surface area contributed by atoms with Gasteiger partial charge in [0.05, 0.1) is 5.56 Å². The summed E-state index contributed by atoms with van der Waals surface area (Å²) in [6.07, 6.45) is -4.19. The van der Waals surface area contributed by atoms with Gasteiger partial charge in [-0.1, -0.05) is 17.7 Å². The number of amides is 1. The molecule has 128 valence electrons. The summed E-state index contributed by atoms with van der Waals surface area (Å²) in [5, 5.41) is 0.0795. The smallest absolute Gasteiger partial charge is 0.416 e. The molecule has 1 aromatic carbocycles. The molecular weight excluding hydrogens is 331 g/mol. The molecule has 23 heavy (non-hydrogen) atoms. The van der Waals surface area contributed by atoms with Gasteiger partial charge in [-0.2, -0.15) is 13.2 Å². The van der Waals surface area contributed by atoms with E-state index in [2.05, 4.69) is 0 Å². The van der Waals surface area contributed by atoms with Gasteiger partial charge in [-0.3, -0.25) is 0 Å². The highest BCUT2D eigenvalue weighted by Crippen LogP contribution is 2.37. The molecule has 3 nitrogen and oxygen atoms in total. The van der Waals surface area contributed by atoms with E-state index in [9.17, 15) is 18.0 Å². The summed E-state index contributed by atoms with van der Waals surface area (Å²) in [6, 6.07) is 3.36. The van der Waals surface area contributed by atoms with Crippen LogP contribution in [0, 0.1) is 0 Å². The van der Waals surface area contributed by atoms with Gasteiger partial charge in [0.15, 0.2) is 0 Å². The van der Waals surface area contributed by atoms with Crippen LogP contribution in [-0.4, -0.2) is 29.7 Å². The molecule has 1 aliphatic heterocycles. The second-order valence-corrected chi connectivity index (χ2v) is 7.05. The lowest BCUT2D eigenvalue weighted by Gasteiger charge is -2.24. The summed E-state index contributed by atoms with van der Waals surface area (Å²) < 4.78 is 43.3. The van der Waals surface area contributed by atoms with E-state index in [0.29, 0.717) is 25.1 Å². The Balaban J connectivity index is 2.09. The molecule has 0 radical (unpaired) electrons. The second-order valence-electron chi connectivity index (χ2n) is 6.65. The highest BCUT2D eigenvalue weighted by molar-refractivity contribution is 6.31. The van der Waals surface area contributed by atoms with Crippen molar-refractivity contribution in [2.75, 3.05) is 13.1 Å². The van der Waals surface area contributed by atoms with E-state index < -0.39 is 23.4 Å². The molecule has 0 N–H and O–H groups in total. The van der Waals surface area contributed by atoms with Crippen LogP contribution in [0.3, 0.4) is 0 Å². The number of carbonyl (C=O) groups excluding carboxylic acids is 1. The van der Waals surface area contributed by atoms with E-state index in [1.807, 2.05) is 0 Å². The number of likely N-dealkylation sites (tertiary alicyclic amines) is 1. The van der Waals surface area contributed by atoms with E-state index in [4.69, 9.17) is 16.3 Å². The van der Waals surface area contributed by atoms with E-state index in [-0.39, 0.29) is 10.9 Å². The molecule has 1 aliphatic rings. The minimum absolute atomic E-state index is 0.0795. The standard InChI is InChI=1S/C16H19ClF3NO2/c1-15(2,3)23-14(22)21-7-6-10(9-21)12-5-4-11(8-13(12)17)16(18,19)20/h4-5,8,10H,6-7,9H2,1-3H3. The summed E-state index contributed by atoms with van der Waals surface area (Å²) in [5.74, 6) is -0.0858. The molecule has 1 heterocycles. The zero-order valence-electron chi connectivity index (χ0n) is 13.2. The Morgan fingerprint density at radius 1 is 1.30 bits per heavy atom. The number of rotatable bonds is 1. The van der Waals surface area contributed by atoms with Crippen molar-refractivity contribution in [1.29, 1.82) is 0 Å². The zero-order chi connectivity index (χ0) is 17.4. The zero-order valence-corrected chi connectivity index (χ0v) is 14.0. The fraction of sp³-hybridized carbons (Fsp3) is 0.562. The minimum Gasteiger partial charge on any atom is -0.444 e. The molecule has 1 aromatic rings. The lowest BCUT2D eigenvalue weighted by atomic mass is 9.97. The van der Waals surface area contributed by atoms with Crippen LogP contribution in [-0.2, 0) is 10.9 Å². The Morgan fingerprint density at radius 2 is 1.96 bits per heavy atom. The van der Waals surface area contributed by atoms with Crippen molar-refractivity contribution in [3.8, 4) is 0 Å². The number of alkyl halides is 3. The Bertz CT molecular complexity index is 596. The van der Waals surface area contributed by atoms with Gasteiger partial charge >= 0.3 is 12.3 Å². The predicted octanol–water partition coefficient (Wildman–Crippen LogP) is 5.08. The Morgan fingerprint density at radius 3 is 2.48 bits per heavy atom. The maximum Gasteiger partial charge on any atom is 0.416 e. The molecule has 2 rings (SSSR count). The first-order valence-electron chi connectivity index (χ1n) is 7.32. The summed E-state index contributed by atoms with van der Waals surface area (Å²) in [5.41, 5.74) is -0.722. The van der Waals surface area contributed by atoms with E-state index >= 15 is 0 Å². The van der Waals surface area contributed by atoms with Gasteiger partial charge in [-0.15, -0.1) is 0 Å². The molecule has 7 heteroatoms. The fourth-order valence-corrected chi connectivity index (χ4v) is 2.88. The largest absolute Gasteiger partial charge is 0.444 e. The number of hydrogen-bond donors (Lipinski definition) is 0. The van der Waals surface area contributed by atoms with Crippen molar-refractivity contribution in [2.45, 2.75) is 44.9 Å². The molecule has 0 bridgehead atoms. The van der Waals surface area contributed by atoms with Crippen LogP contribution >= 0.6 is 11.6 Å². The quantitative estimate of drug-likeness (QED) is 0.707. The van der Waals surface area contributed by atoms with Crippen LogP contribution in [0.1, 0.15) is 44.2 Å². The third kappa shape index (κ3) is 4.53. The normalized spacial score (nSPS) is 19.1. The topological polar surface area (TPSA) is 29.5 Å². The number of ether oxygens (including phenoxy) is 1. The summed E-state index contributed by atoms with van der Waals surface area (Å²) in [4.78, 5) is 13.6. The number of benzene rings is 1. The molecule has 0 aromatic heterocycles. The van der Waals surface area contributed by atoms with Gasteiger partial charge in [0.25, 0.3) is 0 Å². The fourth-order valence-electron chi connectivity index (χ4n) is 2.54. The van der Waals surface area contributed by atoms with Crippen LogP contribution in [0.4, 0.5) is 18.0 Å². The van der Waals surface area contributed by atoms with Crippen molar-refractivity contribution in [3.63, 3.8) is 0 Å². The third-order valence-corrected chi connectivity index (χ3v) is 3.93. The monoisotopic (exact) mass is 349 g/mol. The number of nitrogens with zero attached hydrogens (tertiary/aromatic N) is 1. The van der Waals surface area contributed by atoms with Crippen molar-refractivity contribution in [3.05, 3.63) is 34.3 Å². The van der Waals surface area contributed by atoms with Gasteiger partial charge in [0, 0.05) is 24.0 Å². The molecule has 1 fully saturated rings. The Kier molecular flexibility index (Phi) is 4.85. The molecule has 1 saturated heterocycles. The Labute approximate surface area is 138 Å². The highest BCUT2D eigenvalue weighted by Gasteiger charge is 2.34. The summed E-state index contributed by atoms with van der Waals surface area (Å²) in [6.45, 7) is 6.23. The number of hydrogen-bond acceptors (Lipinski definition) is 2. The second kappa shape index (κ2) is 6.23. The molecule has 1 unspecified atom stereocenters. The molecule has 0 spiro atoms. The summed E-state index contributed by atoms with van der Waals surface area (Å²) >= 11 is 6.01. The van der Waals surface area contributed by atoms with Crippen molar-refractivity contribution >= 4 is 17.7 Å². The maximum absolute atomic E-state index is 12.7. The van der Waals surface area contributed by atoms with E-state index in [0.717, 1.165) is 12.1 Å². The van der Waals surface area contributed by atoms with Crippen molar-refractivity contribution < 1.29 is 22.7 Å². The molecule has 0 saturated carbocycles. The van der Waals surface area contributed by atoms with Gasteiger partial charge in [0.2, 0.25) is 0 Å². The van der Waals surface area contributed by atoms with Crippen molar-refractivity contribution in [1.82, 2.24) is 4.90 Å². The molecule has 1 amide bonds. The predicted molar refractivity (Wildman–Crippen MR) is 81.6 cm³/mol. The molecular formula is C16H19ClF3NO2. The van der Waals surface area contributed by atoms with Crippen LogP contribution < -0.4 is 0 Å². The van der Waals surface area contributed by atoms with Gasteiger partial charge in [0.1, 0.15) is 5.60 Å². The SMILES string of the molecule is CC(C)(C)OC(=O)N1CCC(c2ccc(C(F)(F)F)cc2Cl)C1. The highest BCUT2D eigenvalue weighted by atomic mass is 35.5. The molecule has 1 atom stereocenters. The average Bonchev–Trinajstić information content (AvgIpc) is 2.85. The van der Waals surface area contributed by atoms with Gasteiger partial charge in [-0.25, -0.2) is 4.79 Å². The molecule has 0 aliphatic carbocycles. The van der Waals surface area contributed by atoms with Gasteiger partial charge in [-0.05, 0) is 44.9 Å². The first-order chi connectivity index (χ1) is 10.5. The first-order valence-corrected chi connectivity index (χ1v) is 7.70. The minimum atomic E-state index is -4.42. The van der Waals surface area contributed by atoms with E-state index in [1.165, 1.54) is 6.07 Å². The average molecular weight is 350 g/mol. The summed E-state index contributed by atoms with van der Waals surface area (Å²) in [7, 11) is 0. The lowest BCUT2D eigenvalue weighted by Crippen LogP contribution is -2.35. The Hall–Kier alpha value is -1.43. The van der Waals surface area contributed by atoms with E-state index in [1.54, 1.807) is 25.7 Å². The van der Waals surface area contributed by atoms with Crippen LogP contribution in [0.2, 0.25) is 5.02 Å². The number of halogens is 4. The number of carbonyl (C=O) groups is 1. The van der Waals surface area contributed by atoms with Crippen LogP contribution in [0.5, 0.6) is 0 Å². The van der Waals surface area contributed by atoms with Gasteiger partial charge < -0.3 is 9.64 Å². The maximum atomic E-state index is 12.7. The third-order valence-electron chi connectivity index (χ3n) is 3.61. The van der Waals surface area contributed by atoms with Crippen molar-refractivity contribution in [2.24, 2.45) is 0 Å². The lowest BCUT2D eigenvalue weighted by molar-refractivity contribution is -0.137. The van der Waals surface area contributed by atoms with Crippen LogP contribution in [0.15, 0.2) is 18.2 Å². The van der Waals surface area contributed by atoms with Crippen LogP contribution in [0.25, 0.3) is 0 Å².